The second-order valence-corrected chi connectivity index (χ2v) is 8.47. The van der Waals surface area contributed by atoms with Crippen LogP contribution in [0.4, 0.5) is 4.79 Å². The minimum Gasteiger partial charge on any atom is -0.309 e. The van der Waals surface area contributed by atoms with Crippen molar-refractivity contribution >= 4 is 39.0 Å². The molecule has 2 heterocycles. The van der Waals surface area contributed by atoms with Crippen molar-refractivity contribution in [3.05, 3.63) is 48.0 Å². The van der Waals surface area contributed by atoms with Gasteiger partial charge in [-0.15, -0.1) is 4.28 Å². The fourth-order valence-corrected chi connectivity index (χ4v) is 4.37. The number of carbonyl (C=O) groups is 3. The van der Waals surface area contributed by atoms with E-state index < -0.39 is 40.3 Å². The maximum absolute atomic E-state index is 12.8. The number of nitrogens with two attached hydrogens (primary N) is 1. The Morgan fingerprint density at radius 1 is 1.16 bits per heavy atom. The number of hydrogen-bond acceptors (Lipinski definition) is 7. The molecule has 0 aliphatic carbocycles. The summed E-state index contributed by atoms with van der Waals surface area (Å²) < 4.78 is 35.1. The van der Waals surface area contributed by atoms with E-state index in [-0.39, 0.29) is 25.8 Å². The topological polar surface area (TPSA) is 151 Å². The van der Waals surface area contributed by atoms with E-state index in [1.807, 2.05) is 36.4 Å². The predicted octanol–water partition coefficient (Wildman–Crippen LogP) is 0.614. The molecule has 0 saturated carbocycles. The lowest BCUT2D eigenvalue weighted by atomic mass is 10.00. The summed E-state index contributed by atoms with van der Waals surface area (Å²) in [5.74, 6) is 4.37. The van der Waals surface area contributed by atoms with Crippen molar-refractivity contribution in [2.24, 2.45) is 5.84 Å². The Kier molecular flexibility index (Phi) is 5.39. The Bertz CT molecular complexity index is 1170. The summed E-state index contributed by atoms with van der Waals surface area (Å²) >= 11 is 0. The molecule has 12 heteroatoms. The van der Waals surface area contributed by atoms with Crippen LogP contribution in [-0.2, 0) is 30.7 Å². The average Bonchev–Trinajstić information content (AvgIpc) is 2.96. The fourth-order valence-electron chi connectivity index (χ4n) is 3.98. The second kappa shape index (κ2) is 7.89. The first-order valence-electron chi connectivity index (χ1n) is 9.50. The number of piperidine rings is 1. The molecule has 2 aromatic rings. The number of hydroxylamine groups is 2. The van der Waals surface area contributed by atoms with Gasteiger partial charge in [0.1, 0.15) is 6.04 Å². The zero-order valence-electron chi connectivity index (χ0n) is 16.2. The largest absolute Gasteiger partial charge is 0.418 e. The van der Waals surface area contributed by atoms with E-state index in [2.05, 4.69) is 4.28 Å². The van der Waals surface area contributed by atoms with Crippen molar-refractivity contribution in [2.45, 2.75) is 31.3 Å². The molecule has 0 spiro atoms. The highest BCUT2D eigenvalue weighted by Crippen LogP contribution is 2.31. The van der Waals surface area contributed by atoms with E-state index in [1.165, 1.54) is 0 Å². The van der Waals surface area contributed by atoms with E-state index in [9.17, 15) is 22.8 Å². The smallest absolute Gasteiger partial charge is 0.309 e. The zero-order valence-corrected chi connectivity index (χ0v) is 17.1. The van der Waals surface area contributed by atoms with Gasteiger partial charge in [-0.25, -0.2) is 15.6 Å². The predicted molar refractivity (Wildman–Crippen MR) is 107 cm³/mol. The summed E-state index contributed by atoms with van der Waals surface area (Å²) in [6.07, 6.45) is 0.298. The normalized spacial score (nSPS) is 20.9. The van der Waals surface area contributed by atoms with Crippen LogP contribution >= 0.6 is 0 Å². The lowest BCUT2D eigenvalue weighted by molar-refractivity contribution is -0.148. The number of rotatable bonds is 5. The van der Waals surface area contributed by atoms with Crippen LogP contribution in [-0.4, -0.2) is 64.4 Å². The number of carbonyl (C=O) groups excluding carboxylic acids is 3. The van der Waals surface area contributed by atoms with Crippen molar-refractivity contribution in [1.82, 2.24) is 15.0 Å². The van der Waals surface area contributed by atoms with Gasteiger partial charge in [-0.05, 0) is 29.2 Å². The van der Waals surface area contributed by atoms with Crippen molar-refractivity contribution in [1.29, 1.82) is 0 Å². The van der Waals surface area contributed by atoms with Crippen LogP contribution in [0.1, 0.15) is 18.4 Å². The first kappa shape index (κ1) is 21.2. The molecule has 2 aliphatic rings. The molecule has 2 atom stereocenters. The zero-order chi connectivity index (χ0) is 22.3. The Hall–Kier alpha value is -3.06. The number of hydrazine groups is 1. The van der Waals surface area contributed by atoms with Gasteiger partial charge < -0.3 is 4.90 Å². The number of fused-ring (bicyclic) bond motifs is 3. The van der Waals surface area contributed by atoms with Crippen LogP contribution in [0.3, 0.4) is 0 Å². The third-order valence-electron chi connectivity index (χ3n) is 5.46. The van der Waals surface area contributed by atoms with Crippen LogP contribution in [0.15, 0.2) is 42.5 Å². The lowest BCUT2D eigenvalue weighted by Gasteiger charge is -2.31. The van der Waals surface area contributed by atoms with E-state index in [4.69, 9.17) is 10.4 Å². The van der Waals surface area contributed by atoms with Gasteiger partial charge in [0, 0.05) is 6.54 Å². The van der Waals surface area contributed by atoms with Gasteiger partial charge in [-0.3, -0.25) is 14.1 Å². The Morgan fingerprint density at radius 3 is 2.58 bits per heavy atom. The molecule has 11 nitrogen and oxygen atoms in total. The lowest BCUT2D eigenvalue weighted by Crippen LogP contribution is -2.55. The summed E-state index contributed by atoms with van der Waals surface area (Å²) in [4.78, 5) is 39.0. The summed E-state index contributed by atoms with van der Waals surface area (Å²) in [6.45, 7) is 0.0114. The van der Waals surface area contributed by atoms with Crippen LogP contribution in [0.5, 0.6) is 0 Å². The fraction of sp³-hybridized carbons (Fsp3) is 0.316. The van der Waals surface area contributed by atoms with Gasteiger partial charge in [0.15, 0.2) is 0 Å². The van der Waals surface area contributed by atoms with Crippen LogP contribution in [0.2, 0.25) is 0 Å². The van der Waals surface area contributed by atoms with Crippen LogP contribution < -0.4 is 5.84 Å². The van der Waals surface area contributed by atoms with Crippen LogP contribution in [0, 0.1) is 0 Å². The molecule has 31 heavy (non-hydrogen) atoms. The average molecular weight is 448 g/mol. The number of imide groups is 1. The molecule has 0 radical (unpaired) electrons. The maximum Gasteiger partial charge on any atom is 0.418 e. The summed E-state index contributed by atoms with van der Waals surface area (Å²) in [7, 11) is -4.89. The standard InChI is InChI=1S/C19H20N4O7S/c20-22(17(24)10-12-5-6-13-3-1-2-4-14(13)9-12)18(25)16-8-7-15-11-21(16)19(26)23(15)30-31(27,28)29/h1-6,9,15-16H,7-8,10-11,20H2,(H,27,28,29). The highest BCUT2D eigenvalue weighted by Gasteiger charge is 2.50. The molecule has 0 aromatic heterocycles. The third-order valence-corrected chi connectivity index (χ3v) is 5.81. The number of hydrogen-bond donors (Lipinski definition) is 2. The Morgan fingerprint density at radius 2 is 1.87 bits per heavy atom. The first-order chi connectivity index (χ1) is 14.6. The molecule has 2 aromatic carbocycles. The van der Waals surface area contributed by atoms with E-state index in [1.54, 1.807) is 6.07 Å². The molecule has 2 fully saturated rings. The number of benzene rings is 2. The maximum atomic E-state index is 12.8. The van der Waals surface area contributed by atoms with Gasteiger partial charge in [-0.1, -0.05) is 42.5 Å². The number of amides is 4. The SMILES string of the molecule is NN(C(=O)Cc1ccc2ccccc2c1)C(=O)C1CCC2CN1C(=O)N2OS(=O)(=O)O. The van der Waals surface area contributed by atoms with E-state index in [0.29, 0.717) is 15.6 Å². The molecule has 4 rings (SSSR count). The van der Waals surface area contributed by atoms with Gasteiger partial charge in [0.2, 0.25) is 5.91 Å². The van der Waals surface area contributed by atoms with E-state index >= 15 is 0 Å². The molecular weight excluding hydrogens is 428 g/mol. The molecule has 2 saturated heterocycles. The molecule has 164 valence electrons. The van der Waals surface area contributed by atoms with Gasteiger partial charge in [0.05, 0.1) is 12.5 Å². The van der Waals surface area contributed by atoms with Crippen LogP contribution in [0.25, 0.3) is 10.8 Å². The van der Waals surface area contributed by atoms with Gasteiger partial charge >= 0.3 is 16.4 Å². The minimum absolute atomic E-state index is 0.0114. The molecular formula is C19H20N4O7S. The van der Waals surface area contributed by atoms with Gasteiger partial charge in [0.25, 0.3) is 5.91 Å². The summed E-state index contributed by atoms with van der Waals surface area (Å²) in [5.41, 5.74) is 0.681. The van der Waals surface area contributed by atoms with E-state index in [0.717, 1.165) is 15.7 Å². The minimum atomic E-state index is -4.89. The number of urea groups is 1. The molecule has 4 amide bonds. The van der Waals surface area contributed by atoms with Crippen molar-refractivity contribution in [3.63, 3.8) is 0 Å². The molecule has 2 aliphatic heterocycles. The third kappa shape index (κ3) is 4.23. The van der Waals surface area contributed by atoms with Crippen molar-refractivity contribution in [2.75, 3.05) is 6.54 Å². The highest BCUT2D eigenvalue weighted by molar-refractivity contribution is 7.80. The van der Waals surface area contributed by atoms with Gasteiger partial charge in [-0.2, -0.15) is 13.5 Å². The Balaban J connectivity index is 1.45. The monoisotopic (exact) mass is 448 g/mol. The summed E-state index contributed by atoms with van der Waals surface area (Å²) in [5, 5.41) is 2.99. The first-order valence-corrected chi connectivity index (χ1v) is 10.9. The Labute approximate surface area is 177 Å². The quantitative estimate of drug-likeness (QED) is 0.292. The second-order valence-electron chi connectivity index (χ2n) is 7.47. The molecule has 3 N–H and O–H groups in total. The number of nitrogens with zero attached hydrogens (tertiary/aromatic N) is 3. The molecule has 2 bridgehead atoms. The van der Waals surface area contributed by atoms with Crippen molar-refractivity contribution < 1.29 is 31.6 Å². The highest BCUT2D eigenvalue weighted by atomic mass is 32.3. The summed E-state index contributed by atoms with van der Waals surface area (Å²) in [6, 6.07) is 10.5. The van der Waals surface area contributed by atoms with Crippen molar-refractivity contribution in [3.8, 4) is 0 Å². The molecule has 2 unspecified atom stereocenters.